The quantitative estimate of drug-likeness (QED) is 0.171. The molecule has 7 aromatic rings. The lowest BCUT2D eigenvalue weighted by atomic mass is 9.81. The number of hydrogen-bond donors (Lipinski definition) is 0. The molecular formula is C46H46N2O6. The van der Waals surface area contributed by atoms with E-state index in [1.54, 1.807) is 0 Å². The van der Waals surface area contributed by atoms with E-state index in [0.717, 1.165) is 31.4 Å². The van der Waals surface area contributed by atoms with Crippen molar-refractivity contribution in [2.75, 3.05) is 0 Å². The van der Waals surface area contributed by atoms with E-state index >= 15 is 0 Å². The second-order valence-electron chi connectivity index (χ2n) is 18.9. The third-order valence-electron chi connectivity index (χ3n) is 10.9. The van der Waals surface area contributed by atoms with Gasteiger partial charge in [0.05, 0.1) is 32.9 Å². The number of hydrogen-bond acceptors (Lipinski definition) is 6. The molecule has 0 bridgehead atoms. The second kappa shape index (κ2) is 11.5. The zero-order valence-corrected chi connectivity index (χ0v) is 33.1. The SMILES string of the molecule is CC(C)(C)c1ccc(C(C)(C)C)c(-n2c(=O)c3cc4c(=O)c5cc6c(=O)n(-c7cc(C(C)(C)C)ccc7C(C)(C)C)c(=O)c6cc5c(=O)c4cc3c2=O)c1. The van der Waals surface area contributed by atoms with Crippen molar-refractivity contribution in [2.45, 2.75) is 105 Å². The summed E-state index contributed by atoms with van der Waals surface area (Å²) in [5.41, 5.74) is -0.450. The van der Waals surface area contributed by atoms with E-state index in [1.807, 2.05) is 77.9 Å². The van der Waals surface area contributed by atoms with E-state index in [4.69, 9.17) is 0 Å². The molecule has 0 spiro atoms. The molecule has 0 unspecified atom stereocenters. The van der Waals surface area contributed by atoms with Crippen molar-refractivity contribution < 1.29 is 0 Å². The predicted molar refractivity (Wildman–Crippen MR) is 221 cm³/mol. The van der Waals surface area contributed by atoms with Crippen LogP contribution in [0.25, 0.3) is 54.5 Å². The van der Waals surface area contributed by atoms with E-state index in [-0.39, 0.29) is 53.9 Å². The van der Waals surface area contributed by atoms with Crippen molar-refractivity contribution in [1.29, 1.82) is 0 Å². The summed E-state index contributed by atoms with van der Waals surface area (Å²) in [5.74, 6) is 0. The molecule has 0 amide bonds. The Morgan fingerprint density at radius 3 is 0.815 bits per heavy atom. The van der Waals surface area contributed by atoms with Gasteiger partial charge in [-0.2, -0.15) is 0 Å². The van der Waals surface area contributed by atoms with Crippen LogP contribution in [-0.4, -0.2) is 9.13 Å². The van der Waals surface area contributed by atoms with Crippen LogP contribution >= 0.6 is 0 Å². The fourth-order valence-electron chi connectivity index (χ4n) is 7.69. The molecule has 2 heterocycles. The minimum atomic E-state index is -0.585. The summed E-state index contributed by atoms with van der Waals surface area (Å²) in [5, 5.41) is -0.0311. The van der Waals surface area contributed by atoms with E-state index in [9.17, 15) is 28.8 Å². The lowest BCUT2D eigenvalue weighted by Crippen LogP contribution is -2.28. The smallest absolute Gasteiger partial charge is 0.266 e. The lowest BCUT2D eigenvalue weighted by Gasteiger charge is -2.26. The molecule has 0 aliphatic carbocycles. The largest absolute Gasteiger partial charge is 0.289 e. The summed E-state index contributed by atoms with van der Waals surface area (Å²) in [6.07, 6.45) is 0. The molecule has 5 aromatic carbocycles. The normalized spacial score (nSPS) is 13.3. The third kappa shape index (κ3) is 5.48. The van der Waals surface area contributed by atoms with Crippen LogP contribution in [-0.2, 0) is 21.7 Å². The number of aromatic nitrogens is 2. The maximum atomic E-state index is 14.2. The molecule has 0 aliphatic rings. The van der Waals surface area contributed by atoms with Crippen LogP contribution in [0.5, 0.6) is 0 Å². The van der Waals surface area contributed by atoms with Gasteiger partial charge in [-0.15, -0.1) is 0 Å². The molecule has 0 atom stereocenters. The molecule has 0 saturated carbocycles. The van der Waals surface area contributed by atoms with Crippen molar-refractivity contribution in [3.05, 3.63) is 145 Å². The highest BCUT2D eigenvalue weighted by molar-refractivity contribution is 6.07. The Morgan fingerprint density at radius 2 is 0.593 bits per heavy atom. The van der Waals surface area contributed by atoms with Gasteiger partial charge in [0.1, 0.15) is 0 Å². The third-order valence-corrected chi connectivity index (χ3v) is 10.9. The number of benzene rings is 5. The first kappa shape index (κ1) is 36.8. The molecule has 2 aromatic heterocycles. The van der Waals surface area contributed by atoms with Crippen LogP contribution < -0.4 is 33.1 Å². The average molecular weight is 723 g/mol. The van der Waals surface area contributed by atoms with Crippen molar-refractivity contribution in [3.63, 3.8) is 0 Å². The summed E-state index contributed by atoms with van der Waals surface area (Å²) >= 11 is 0. The summed E-state index contributed by atoms with van der Waals surface area (Å²) in [4.78, 5) is 85.2. The highest BCUT2D eigenvalue weighted by Gasteiger charge is 2.29. The maximum Gasteiger partial charge on any atom is 0.266 e. The fourth-order valence-corrected chi connectivity index (χ4v) is 7.69. The van der Waals surface area contributed by atoms with E-state index in [0.29, 0.717) is 11.4 Å². The second-order valence-corrected chi connectivity index (χ2v) is 18.9. The molecule has 0 saturated heterocycles. The minimum Gasteiger partial charge on any atom is -0.289 e. The van der Waals surface area contributed by atoms with Crippen LogP contribution in [0.15, 0.2) is 89.4 Å². The molecule has 0 fully saturated rings. The number of rotatable bonds is 2. The first-order chi connectivity index (χ1) is 24.8. The molecule has 0 N–H and O–H groups in total. The van der Waals surface area contributed by atoms with Crippen LogP contribution in [0.3, 0.4) is 0 Å². The molecule has 8 nitrogen and oxygen atoms in total. The molecule has 8 heteroatoms. The Hall–Kier alpha value is -5.50. The first-order valence-electron chi connectivity index (χ1n) is 18.4. The topological polar surface area (TPSA) is 112 Å². The highest BCUT2D eigenvalue weighted by atomic mass is 16.2. The van der Waals surface area contributed by atoms with Crippen LogP contribution in [0.2, 0.25) is 0 Å². The molecule has 7 rings (SSSR count). The minimum absolute atomic E-state index is 0.0244. The zero-order valence-electron chi connectivity index (χ0n) is 33.1. The van der Waals surface area contributed by atoms with Gasteiger partial charge in [0, 0.05) is 21.5 Å². The predicted octanol–water partition coefficient (Wildman–Crippen LogP) is 7.55. The molecule has 0 aliphatic heterocycles. The Kier molecular flexibility index (Phi) is 7.85. The van der Waals surface area contributed by atoms with Gasteiger partial charge >= 0.3 is 0 Å². The monoisotopic (exact) mass is 722 g/mol. The first-order valence-corrected chi connectivity index (χ1v) is 18.4. The lowest BCUT2D eigenvalue weighted by molar-refractivity contribution is 0.572. The Labute approximate surface area is 312 Å². The van der Waals surface area contributed by atoms with Crippen LogP contribution in [0.4, 0.5) is 0 Å². The number of fused-ring (bicyclic) bond motifs is 4. The highest BCUT2D eigenvalue weighted by Crippen LogP contribution is 2.34. The van der Waals surface area contributed by atoms with Crippen molar-refractivity contribution in [2.24, 2.45) is 0 Å². The molecular weight excluding hydrogens is 677 g/mol. The van der Waals surface area contributed by atoms with Gasteiger partial charge in [0.2, 0.25) is 0 Å². The van der Waals surface area contributed by atoms with Gasteiger partial charge in [-0.25, -0.2) is 9.13 Å². The molecule has 276 valence electrons. The van der Waals surface area contributed by atoms with E-state index in [2.05, 4.69) is 41.5 Å². The Balaban J connectivity index is 1.54. The van der Waals surface area contributed by atoms with Gasteiger partial charge in [0.25, 0.3) is 22.2 Å². The summed E-state index contributed by atoms with van der Waals surface area (Å²) in [6, 6.07) is 17.0. The van der Waals surface area contributed by atoms with Crippen LogP contribution in [0, 0.1) is 0 Å². The molecule has 54 heavy (non-hydrogen) atoms. The van der Waals surface area contributed by atoms with Gasteiger partial charge in [-0.05, 0) is 80.3 Å². The van der Waals surface area contributed by atoms with Crippen molar-refractivity contribution in [1.82, 2.24) is 9.13 Å². The van der Waals surface area contributed by atoms with Crippen molar-refractivity contribution in [3.8, 4) is 11.4 Å². The van der Waals surface area contributed by atoms with Crippen LogP contribution in [0.1, 0.15) is 105 Å². The number of nitrogens with zero attached hydrogens (tertiary/aromatic N) is 2. The fraction of sp³-hybridized carbons (Fsp3) is 0.348. The average Bonchev–Trinajstić information content (AvgIpc) is 3.46. The Bertz CT molecular complexity index is 2750. The zero-order chi connectivity index (χ0) is 39.8. The standard InChI is InChI=1S/C46H46N2O6/c1-43(2,3)23-13-15-33(45(7,8)9)35(17-23)47-39(51)29-19-25-26(20-30(29)40(47)52)38(50)28-22-32-31(21-27(28)37(25)49)41(53)48(42(32)54)36-18-24(44(4,5)6)14-16-34(36)46(10,11)12/h13-22H,1-12H3. The summed E-state index contributed by atoms with van der Waals surface area (Å²) < 4.78 is 2.30. The Morgan fingerprint density at radius 1 is 0.333 bits per heavy atom. The molecule has 0 radical (unpaired) electrons. The van der Waals surface area contributed by atoms with E-state index in [1.165, 1.54) is 24.3 Å². The van der Waals surface area contributed by atoms with E-state index < -0.39 is 43.9 Å². The van der Waals surface area contributed by atoms with Gasteiger partial charge in [0.15, 0.2) is 10.9 Å². The van der Waals surface area contributed by atoms with Gasteiger partial charge in [-0.3, -0.25) is 28.8 Å². The maximum absolute atomic E-state index is 14.2. The van der Waals surface area contributed by atoms with Crippen molar-refractivity contribution >= 4 is 43.1 Å². The summed E-state index contributed by atoms with van der Waals surface area (Å²) in [6.45, 7) is 24.4. The summed E-state index contributed by atoms with van der Waals surface area (Å²) in [7, 11) is 0. The van der Waals surface area contributed by atoms with Gasteiger partial charge in [-0.1, -0.05) is 107 Å². The van der Waals surface area contributed by atoms with Gasteiger partial charge < -0.3 is 0 Å².